The Morgan fingerprint density at radius 1 is 0.935 bits per heavy atom. The lowest BCUT2D eigenvalue weighted by molar-refractivity contribution is -0.596. The molecule has 3 aromatic rings. The topological polar surface area (TPSA) is 61.2 Å². The second-order valence-corrected chi connectivity index (χ2v) is 8.17. The minimum Gasteiger partial charge on any atom is -0.334 e. The number of halogens is 1. The highest BCUT2D eigenvalue weighted by Gasteiger charge is 2.47. The van der Waals surface area contributed by atoms with E-state index in [2.05, 4.69) is 10.7 Å². The summed E-state index contributed by atoms with van der Waals surface area (Å²) in [5.74, 6) is -0.595. The molecule has 6 heteroatoms. The van der Waals surface area contributed by atoms with Gasteiger partial charge >= 0.3 is 5.91 Å². The van der Waals surface area contributed by atoms with Crippen molar-refractivity contribution in [1.82, 2.24) is 10.7 Å². The molecule has 2 N–H and O–H groups in total. The van der Waals surface area contributed by atoms with Gasteiger partial charge in [0.25, 0.3) is 5.91 Å². The Labute approximate surface area is 186 Å². The van der Waals surface area contributed by atoms with Crippen molar-refractivity contribution in [2.75, 3.05) is 0 Å². The largest absolute Gasteiger partial charge is 0.334 e. The van der Waals surface area contributed by atoms with Gasteiger partial charge in [-0.3, -0.25) is 9.59 Å². The van der Waals surface area contributed by atoms with Crippen LogP contribution in [-0.2, 0) is 4.79 Å². The lowest BCUT2D eigenvalue weighted by Gasteiger charge is -2.15. The first-order valence-corrected chi connectivity index (χ1v) is 10.4. The number of hydrazine groups is 1. The number of carbonyl (C=O) groups is 2. The van der Waals surface area contributed by atoms with Gasteiger partial charge in [0.15, 0.2) is 6.04 Å². The molecule has 5 nitrogen and oxygen atoms in total. The van der Waals surface area contributed by atoms with Crippen LogP contribution in [0.3, 0.4) is 0 Å². The van der Waals surface area contributed by atoms with Gasteiger partial charge in [-0.25, -0.2) is 0 Å². The van der Waals surface area contributed by atoms with Gasteiger partial charge in [-0.1, -0.05) is 59.1 Å². The maximum absolute atomic E-state index is 12.9. The van der Waals surface area contributed by atoms with Gasteiger partial charge in [0.2, 0.25) is 12.3 Å². The van der Waals surface area contributed by atoms with E-state index in [1.54, 1.807) is 28.9 Å². The highest BCUT2D eigenvalue weighted by atomic mass is 35.5. The van der Waals surface area contributed by atoms with Crippen LogP contribution in [-0.4, -0.2) is 28.8 Å². The molecular weight excluding hydrogens is 410 g/mol. The number of nitrogens with one attached hydrogen (secondary N) is 2. The van der Waals surface area contributed by atoms with Gasteiger partial charge in [0.1, 0.15) is 0 Å². The Balaban J connectivity index is 1.69. The molecule has 4 rings (SSSR count). The Hall–Kier alpha value is -3.44. The molecule has 0 bridgehead atoms. The van der Waals surface area contributed by atoms with Crippen LogP contribution in [0.1, 0.15) is 38.7 Å². The number of rotatable bonds is 4. The summed E-state index contributed by atoms with van der Waals surface area (Å²) in [4.78, 5) is 25.7. The van der Waals surface area contributed by atoms with E-state index in [9.17, 15) is 9.59 Å². The number of hydrazone groups is 1. The average Bonchev–Trinajstić information content (AvgIpc) is 3.05. The molecule has 1 fully saturated rings. The smallest absolute Gasteiger partial charge is 0.304 e. The maximum Gasteiger partial charge on any atom is 0.304 e. The summed E-state index contributed by atoms with van der Waals surface area (Å²) in [5, 5.41) is 3.44. The van der Waals surface area contributed by atoms with E-state index < -0.39 is 12.1 Å². The number of aryl methyl sites for hydroxylation is 2. The first-order chi connectivity index (χ1) is 14.9. The predicted molar refractivity (Wildman–Crippen MR) is 121 cm³/mol. The van der Waals surface area contributed by atoms with Crippen LogP contribution >= 0.6 is 11.6 Å². The molecule has 0 radical (unpaired) electrons. The molecule has 1 saturated heterocycles. The van der Waals surface area contributed by atoms with E-state index in [1.165, 1.54) is 0 Å². The summed E-state index contributed by atoms with van der Waals surface area (Å²) in [6.45, 7) is 4.04. The molecule has 2 amide bonds. The predicted octanol–water partition coefficient (Wildman–Crippen LogP) is 3.97. The lowest BCUT2D eigenvalue weighted by atomic mass is 9.98. The van der Waals surface area contributed by atoms with Crippen molar-refractivity contribution in [2.24, 2.45) is 0 Å². The Kier molecular flexibility index (Phi) is 5.87. The summed E-state index contributed by atoms with van der Waals surface area (Å²) in [7, 11) is 0. The second-order valence-electron chi connectivity index (χ2n) is 7.74. The molecule has 3 aromatic carbocycles. The Bertz CT molecular complexity index is 1140. The van der Waals surface area contributed by atoms with Crippen LogP contribution in [0.25, 0.3) is 0 Å². The molecule has 0 spiro atoms. The van der Waals surface area contributed by atoms with Gasteiger partial charge in [-0.15, -0.1) is 10.1 Å². The molecule has 1 aliphatic heterocycles. The number of nitrogens with zero attached hydrogens (tertiary/aromatic N) is 1. The summed E-state index contributed by atoms with van der Waals surface area (Å²) in [6.07, 6.45) is 1.89. The number of hydrogen-bond acceptors (Lipinski definition) is 2. The first-order valence-electron chi connectivity index (χ1n) is 10.0. The van der Waals surface area contributed by atoms with Crippen molar-refractivity contribution in [2.45, 2.75) is 25.9 Å². The third-order valence-corrected chi connectivity index (χ3v) is 5.57. The Morgan fingerprint density at radius 2 is 1.52 bits per heavy atom. The minimum atomic E-state index is -0.757. The monoisotopic (exact) mass is 432 g/mol. The van der Waals surface area contributed by atoms with Crippen LogP contribution < -0.4 is 10.7 Å². The van der Waals surface area contributed by atoms with Gasteiger partial charge in [-0.05, 0) is 50.2 Å². The fourth-order valence-electron chi connectivity index (χ4n) is 3.58. The third kappa shape index (κ3) is 4.67. The molecule has 0 unspecified atom stereocenters. The fraction of sp³-hybridized carbons (Fsp3) is 0.160. The number of benzene rings is 3. The summed E-state index contributed by atoms with van der Waals surface area (Å²) >= 11 is 5.93. The van der Waals surface area contributed by atoms with E-state index in [4.69, 9.17) is 11.6 Å². The molecule has 1 heterocycles. The lowest BCUT2D eigenvalue weighted by Crippen LogP contribution is -2.42. The van der Waals surface area contributed by atoms with Crippen molar-refractivity contribution in [3.63, 3.8) is 0 Å². The Morgan fingerprint density at radius 3 is 2.13 bits per heavy atom. The van der Waals surface area contributed by atoms with Crippen molar-refractivity contribution >= 4 is 29.6 Å². The molecule has 156 valence electrons. The van der Waals surface area contributed by atoms with E-state index >= 15 is 0 Å². The number of amides is 2. The third-order valence-electron chi connectivity index (χ3n) is 5.31. The fourth-order valence-corrected chi connectivity index (χ4v) is 3.71. The standard InChI is InChI=1S/C25H22ClN3O2/c1-16-3-7-18(8-4-16)15-29-23(19-9-5-17(2)6-10-19)22(25(31)28-29)27-24(30)20-11-13-21(26)14-12-20/h3-15,22-23H,1-2H3,(H-,27,28,30,31)/p+1/b29-15-/t22-,23+/m0/s1. The molecule has 1 aliphatic rings. The zero-order valence-electron chi connectivity index (χ0n) is 17.3. The SMILES string of the molecule is Cc1ccc(/C=[N+]2\NC(=O)[C@@H](NC(=O)c3ccc(Cl)cc3)[C@H]2c2ccc(C)cc2)cc1. The number of hydrogen-bond donors (Lipinski definition) is 2. The first kappa shape index (κ1) is 20.8. The zero-order valence-corrected chi connectivity index (χ0v) is 18.1. The highest BCUT2D eigenvalue weighted by Crippen LogP contribution is 2.26. The summed E-state index contributed by atoms with van der Waals surface area (Å²) in [6, 6.07) is 21.4. The van der Waals surface area contributed by atoms with Crippen molar-refractivity contribution in [1.29, 1.82) is 0 Å². The van der Waals surface area contributed by atoms with Gasteiger partial charge in [-0.2, -0.15) is 0 Å². The molecule has 31 heavy (non-hydrogen) atoms. The van der Waals surface area contributed by atoms with Crippen LogP contribution in [0.5, 0.6) is 0 Å². The van der Waals surface area contributed by atoms with Gasteiger partial charge in [0.05, 0.1) is 0 Å². The van der Waals surface area contributed by atoms with Crippen LogP contribution in [0.15, 0.2) is 72.8 Å². The molecule has 0 aromatic heterocycles. The quantitative estimate of drug-likeness (QED) is 0.613. The maximum atomic E-state index is 12.9. The summed E-state index contributed by atoms with van der Waals surface area (Å²) in [5.41, 5.74) is 7.50. The van der Waals surface area contributed by atoms with E-state index in [-0.39, 0.29) is 11.8 Å². The van der Waals surface area contributed by atoms with Crippen molar-refractivity contribution in [3.8, 4) is 0 Å². The van der Waals surface area contributed by atoms with Crippen molar-refractivity contribution < 1.29 is 14.3 Å². The average molecular weight is 433 g/mol. The van der Waals surface area contributed by atoms with Crippen LogP contribution in [0.2, 0.25) is 5.02 Å². The van der Waals surface area contributed by atoms with Gasteiger partial charge in [0, 0.05) is 21.7 Å². The summed E-state index contributed by atoms with van der Waals surface area (Å²) < 4.78 is 1.77. The molecular formula is C25H23ClN3O2+. The van der Waals surface area contributed by atoms with Crippen LogP contribution in [0, 0.1) is 13.8 Å². The minimum absolute atomic E-state index is 0.267. The molecule has 0 aliphatic carbocycles. The zero-order chi connectivity index (χ0) is 22.0. The van der Waals surface area contributed by atoms with E-state index in [0.29, 0.717) is 10.6 Å². The van der Waals surface area contributed by atoms with Crippen molar-refractivity contribution in [3.05, 3.63) is 106 Å². The molecule has 0 saturated carbocycles. The highest BCUT2D eigenvalue weighted by molar-refractivity contribution is 6.30. The van der Waals surface area contributed by atoms with E-state index in [0.717, 1.165) is 22.3 Å². The van der Waals surface area contributed by atoms with E-state index in [1.807, 2.05) is 68.6 Å². The normalized spacial score (nSPS) is 19.3. The number of carbonyl (C=O) groups excluding carboxylic acids is 2. The van der Waals surface area contributed by atoms with Crippen LogP contribution in [0.4, 0.5) is 0 Å². The van der Waals surface area contributed by atoms with Gasteiger partial charge < -0.3 is 5.32 Å². The molecule has 2 atom stereocenters. The second kappa shape index (κ2) is 8.74.